The highest BCUT2D eigenvalue weighted by Gasteiger charge is 2.25. The first-order valence-electron chi connectivity index (χ1n) is 6.87. The standard InChI is InChI=1S/C14H16N3O5PS/c15-12(14(19)20)6-11-7-17(9-16-11)23(21,22)24-8-13(18)10-4-2-1-3-5-10/h1-5,7,9,12H,6,8,15H2,(H,19,20)(H,21,22)/t12-/m0/s1. The predicted molar refractivity (Wildman–Crippen MR) is 90.0 cm³/mol. The van der Waals surface area contributed by atoms with Gasteiger partial charge in [-0.15, -0.1) is 0 Å². The molecule has 2 atom stereocenters. The largest absolute Gasteiger partial charge is 0.480 e. The Morgan fingerprint density at radius 3 is 2.62 bits per heavy atom. The average molecular weight is 369 g/mol. The summed E-state index contributed by atoms with van der Waals surface area (Å²) < 4.78 is 13.3. The summed E-state index contributed by atoms with van der Waals surface area (Å²) in [5.74, 6) is -1.61. The Morgan fingerprint density at radius 2 is 2.00 bits per heavy atom. The van der Waals surface area contributed by atoms with Gasteiger partial charge in [-0.2, -0.15) is 0 Å². The van der Waals surface area contributed by atoms with Gasteiger partial charge in [-0.05, 0) is 11.4 Å². The van der Waals surface area contributed by atoms with Gasteiger partial charge in [0.15, 0.2) is 5.78 Å². The molecule has 0 aliphatic rings. The number of hydrogen-bond acceptors (Lipinski definition) is 6. The van der Waals surface area contributed by atoms with Crippen molar-refractivity contribution in [1.82, 2.24) is 9.32 Å². The second-order valence-electron chi connectivity index (χ2n) is 4.95. The second-order valence-corrected chi connectivity index (χ2v) is 9.14. The molecule has 128 valence electrons. The molecule has 24 heavy (non-hydrogen) atoms. The number of benzene rings is 1. The van der Waals surface area contributed by atoms with Crippen LogP contribution < -0.4 is 5.73 Å². The number of ketones is 1. The van der Waals surface area contributed by atoms with Gasteiger partial charge in [0.1, 0.15) is 12.4 Å². The van der Waals surface area contributed by atoms with Gasteiger partial charge in [-0.1, -0.05) is 30.3 Å². The summed E-state index contributed by atoms with van der Waals surface area (Å²) in [6.45, 7) is -3.90. The van der Waals surface area contributed by atoms with Gasteiger partial charge < -0.3 is 15.7 Å². The smallest absolute Gasteiger partial charge is 0.356 e. The van der Waals surface area contributed by atoms with Gasteiger partial charge in [-0.25, -0.2) is 4.98 Å². The number of nitrogens with zero attached hydrogens (tertiary/aromatic N) is 2. The van der Waals surface area contributed by atoms with Gasteiger partial charge in [0.25, 0.3) is 0 Å². The number of rotatable bonds is 8. The van der Waals surface area contributed by atoms with Gasteiger partial charge in [0, 0.05) is 18.2 Å². The van der Waals surface area contributed by atoms with Crippen LogP contribution in [-0.2, 0) is 15.8 Å². The van der Waals surface area contributed by atoms with Crippen molar-refractivity contribution in [2.24, 2.45) is 5.73 Å². The molecule has 0 radical (unpaired) electrons. The van der Waals surface area contributed by atoms with Gasteiger partial charge in [0.05, 0.1) is 11.4 Å². The Hall–Kier alpha value is -1.93. The van der Waals surface area contributed by atoms with Crippen molar-refractivity contribution >= 4 is 29.9 Å². The van der Waals surface area contributed by atoms with E-state index in [4.69, 9.17) is 10.8 Å². The third-order valence-corrected chi connectivity index (χ3v) is 6.61. The summed E-state index contributed by atoms with van der Waals surface area (Å²) in [5, 5.41) is 8.76. The minimum atomic E-state index is -3.90. The van der Waals surface area contributed by atoms with Crippen LogP contribution in [0, 0.1) is 0 Å². The SMILES string of the molecule is N[C@@H](Cc1cn(P(=O)(O)SCC(=O)c2ccccc2)cn1)C(=O)O. The first kappa shape index (κ1) is 18.4. The Balaban J connectivity index is 2.00. The number of Topliss-reactive ketones (excluding diaryl/α,β-unsaturated/α-hetero) is 1. The normalized spacial score (nSPS) is 14.8. The minimum absolute atomic E-state index is 0.0596. The van der Waals surface area contributed by atoms with Gasteiger partial charge in [-0.3, -0.25) is 18.5 Å². The van der Waals surface area contributed by atoms with E-state index in [2.05, 4.69) is 4.98 Å². The molecule has 0 saturated heterocycles. The number of aliphatic carboxylic acids is 1. The predicted octanol–water partition coefficient (Wildman–Crippen LogP) is 1.40. The number of aromatic nitrogens is 2. The van der Waals surface area contributed by atoms with Crippen molar-refractivity contribution in [3.63, 3.8) is 0 Å². The molecule has 0 amide bonds. The van der Waals surface area contributed by atoms with E-state index >= 15 is 0 Å². The number of nitrogens with two attached hydrogens (primary N) is 1. The maximum Gasteiger partial charge on any atom is 0.356 e. The molecule has 0 spiro atoms. The van der Waals surface area contributed by atoms with E-state index in [0.29, 0.717) is 16.9 Å². The molecule has 1 aromatic carbocycles. The van der Waals surface area contributed by atoms with Crippen molar-refractivity contribution in [1.29, 1.82) is 0 Å². The van der Waals surface area contributed by atoms with E-state index in [1.54, 1.807) is 30.3 Å². The van der Waals surface area contributed by atoms with Crippen LogP contribution >= 0.6 is 18.1 Å². The number of carbonyl (C=O) groups excluding carboxylic acids is 1. The van der Waals surface area contributed by atoms with Crippen LogP contribution in [-0.4, -0.2) is 42.9 Å². The molecule has 0 aliphatic carbocycles. The monoisotopic (exact) mass is 369 g/mol. The zero-order chi connectivity index (χ0) is 17.7. The quantitative estimate of drug-likeness (QED) is 0.469. The average Bonchev–Trinajstić information content (AvgIpc) is 3.03. The van der Waals surface area contributed by atoms with Crippen molar-refractivity contribution in [2.75, 3.05) is 5.75 Å². The fourth-order valence-electron chi connectivity index (χ4n) is 1.83. The van der Waals surface area contributed by atoms with Crippen LogP contribution in [0.2, 0.25) is 0 Å². The molecular formula is C14H16N3O5PS. The molecule has 4 N–H and O–H groups in total. The number of carboxylic acids is 1. The van der Waals surface area contributed by atoms with E-state index in [-0.39, 0.29) is 23.7 Å². The maximum absolute atomic E-state index is 12.3. The molecule has 1 unspecified atom stereocenters. The Kier molecular flexibility index (Phi) is 5.95. The first-order valence-corrected chi connectivity index (χ1v) is 10.1. The minimum Gasteiger partial charge on any atom is -0.480 e. The first-order chi connectivity index (χ1) is 11.3. The van der Waals surface area contributed by atoms with E-state index in [1.165, 1.54) is 6.20 Å². The van der Waals surface area contributed by atoms with Crippen LogP contribution in [0.25, 0.3) is 0 Å². The van der Waals surface area contributed by atoms with E-state index in [1.807, 2.05) is 0 Å². The second kappa shape index (κ2) is 7.76. The van der Waals surface area contributed by atoms with Crippen LogP contribution in [0.4, 0.5) is 0 Å². The van der Waals surface area contributed by atoms with Crippen molar-refractivity contribution in [3.8, 4) is 0 Å². The van der Waals surface area contributed by atoms with Crippen LogP contribution in [0.5, 0.6) is 0 Å². The highest BCUT2D eigenvalue weighted by molar-refractivity contribution is 8.56. The zero-order valence-electron chi connectivity index (χ0n) is 12.5. The summed E-state index contributed by atoms with van der Waals surface area (Å²) >= 11 is 0.610. The zero-order valence-corrected chi connectivity index (χ0v) is 14.2. The molecule has 10 heteroatoms. The summed E-state index contributed by atoms with van der Waals surface area (Å²) in [5.41, 5.74) is 6.15. The summed E-state index contributed by atoms with van der Waals surface area (Å²) in [6, 6.07) is 7.32. The number of hydrogen-bond donors (Lipinski definition) is 3. The lowest BCUT2D eigenvalue weighted by atomic mass is 10.2. The summed E-state index contributed by atoms with van der Waals surface area (Å²) in [7, 11) is 0. The summed E-state index contributed by atoms with van der Waals surface area (Å²) in [6.07, 6.45) is 2.34. The van der Waals surface area contributed by atoms with Crippen molar-refractivity contribution in [3.05, 3.63) is 54.1 Å². The van der Waals surface area contributed by atoms with Crippen LogP contribution in [0.3, 0.4) is 0 Å². The third kappa shape index (κ3) is 4.78. The molecule has 0 bridgehead atoms. The molecule has 1 aromatic heterocycles. The molecule has 2 aromatic rings. The molecular weight excluding hydrogens is 353 g/mol. The van der Waals surface area contributed by atoms with Crippen molar-refractivity contribution in [2.45, 2.75) is 12.5 Å². The number of imidazole rings is 1. The van der Waals surface area contributed by atoms with Gasteiger partial charge in [0.2, 0.25) is 0 Å². The Labute approximate surface area is 142 Å². The lowest BCUT2D eigenvalue weighted by Gasteiger charge is -2.11. The van der Waals surface area contributed by atoms with E-state index < -0.39 is 18.7 Å². The molecule has 0 saturated carbocycles. The molecule has 2 rings (SSSR count). The fraction of sp³-hybridized carbons (Fsp3) is 0.214. The highest BCUT2D eigenvalue weighted by atomic mass is 32.7. The third-order valence-electron chi connectivity index (χ3n) is 3.12. The lowest BCUT2D eigenvalue weighted by molar-refractivity contribution is -0.138. The topological polar surface area (TPSA) is 136 Å². The van der Waals surface area contributed by atoms with Gasteiger partial charge >= 0.3 is 12.7 Å². The Bertz CT molecular complexity index is 780. The van der Waals surface area contributed by atoms with Crippen molar-refractivity contribution < 1.29 is 24.2 Å². The van der Waals surface area contributed by atoms with E-state index in [9.17, 15) is 19.0 Å². The molecule has 1 heterocycles. The van der Waals surface area contributed by atoms with Crippen LogP contribution in [0.1, 0.15) is 16.1 Å². The van der Waals surface area contributed by atoms with Crippen LogP contribution in [0.15, 0.2) is 42.9 Å². The maximum atomic E-state index is 12.3. The number of carboxylic acid groups (broad SMARTS) is 1. The van der Waals surface area contributed by atoms with E-state index in [0.717, 1.165) is 10.7 Å². The molecule has 8 nitrogen and oxygen atoms in total. The molecule has 0 fully saturated rings. The Morgan fingerprint density at radius 1 is 1.33 bits per heavy atom. The lowest BCUT2D eigenvalue weighted by Crippen LogP contribution is -2.32. The summed E-state index contributed by atoms with van der Waals surface area (Å²) in [4.78, 5) is 36.7. The molecule has 0 aliphatic heterocycles. The fourth-order valence-corrected chi connectivity index (χ4v) is 4.40. The highest BCUT2D eigenvalue weighted by Crippen LogP contribution is 2.55. The number of carbonyl (C=O) groups is 2.